The van der Waals surface area contributed by atoms with Gasteiger partial charge in [0.05, 0.1) is 5.92 Å². The Balaban J connectivity index is 1.65. The molecule has 1 aliphatic heterocycles. The summed E-state index contributed by atoms with van der Waals surface area (Å²) >= 11 is 0. The highest BCUT2D eigenvalue weighted by atomic mass is 19.1. The Morgan fingerprint density at radius 1 is 1.15 bits per heavy atom. The average Bonchev–Trinajstić information content (AvgIpc) is 3.05. The fraction of sp³-hybridized carbons (Fsp3) is 0.364. The minimum atomic E-state index is -0.533. The van der Waals surface area contributed by atoms with Gasteiger partial charge in [0.1, 0.15) is 11.6 Å². The number of carbonyl (C=O) groups excluding carboxylic acids is 2. The van der Waals surface area contributed by atoms with Crippen LogP contribution in [-0.2, 0) is 15.0 Å². The summed E-state index contributed by atoms with van der Waals surface area (Å²) in [5.74, 6) is -1.01. The first-order valence-electron chi connectivity index (χ1n) is 9.18. The second-order valence-corrected chi connectivity index (χ2v) is 7.56. The Kier molecular flexibility index (Phi) is 5.31. The number of nitrogens with zero attached hydrogens (tertiary/aromatic N) is 1. The molecule has 0 radical (unpaired) electrons. The molecule has 5 heteroatoms. The van der Waals surface area contributed by atoms with Crippen molar-refractivity contribution >= 4 is 17.6 Å². The van der Waals surface area contributed by atoms with Crippen LogP contribution in [0.5, 0.6) is 5.75 Å². The molecule has 4 nitrogen and oxygen atoms in total. The van der Waals surface area contributed by atoms with Crippen molar-refractivity contribution < 1.29 is 18.7 Å². The largest absolute Gasteiger partial charge is 0.426 e. The van der Waals surface area contributed by atoms with Gasteiger partial charge in [0.25, 0.3) is 0 Å². The molecule has 0 bridgehead atoms. The number of hydrogen-bond acceptors (Lipinski definition) is 3. The third-order valence-electron chi connectivity index (χ3n) is 5.33. The highest BCUT2D eigenvalue weighted by Gasteiger charge is 2.36. The molecular formula is C22H24FNO3. The fourth-order valence-corrected chi connectivity index (χ4v) is 3.11. The fourth-order valence-electron chi connectivity index (χ4n) is 3.11. The average molecular weight is 369 g/mol. The van der Waals surface area contributed by atoms with Gasteiger partial charge in [-0.1, -0.05) is 32.9 Å². The molecule has 0 N–H and O–H groups in total. The van der Waals surface area contributed by atoms with E-state index in [1.807, 2.05) is 12.1 Å². The van der Waals surface area contributed by atoms with E-state index < -0.39 is 11.9 Å². The van der Waals surface area contributed by atoms with Crippen LogP contribution in [0.1, 0.15) is 39.2 Å². The van der Waals surface area contributed by atoms with Crippen LogP contribution in [0.25, 0.3) is 0 Å². The summed E-state index contributed by atoms with van der Waals surface area (Å²) in [4.78, 5) is 26.2. The van der Waals surface area contributed by atoms with Crippen LogP contribution in [0, 0.1) is 11.7 Å². The maximum Gasteiger partial charge on any atom is 0.316 e. The standard InChI is InChI=1S/C22H24FNO3/c1-4-22(2,3)16-5-11-19(12-6-16)27-21(26)15-13-20(25)24(14-15)18-9-7-17(23)8-10-18/h5-12,15H,4,13-14H2,1-3H3/t15-/m0/s1. The van der Waals surface area contributed by atoms with Crippen LogP contribution in [0.2, 0.25) is 0 Å². The minimum Gasteiger partial charge on any atom is -0.426 e. The number of rotatable bonds is 5. The SMILES string of the molecule is CCC(C)(C)c1ccc(OC(=O)[C@H]2CC(=O)N(c3ccc(F)cc3)C2)cc1. The second-order valence-electron chi connectivity index (χ2n) is 7.56. The molecule has 0 saturated carbocycles. The van der Waals surface area contributed by atoms with E-state index in [2.05, 4.69) is 20.8 Å². The van der Waals surface area contributed by atoms with Crippen molar-refractivity contribution in [3.05, 3.63) is 59.9 Å². The molecule has 142 valence electrons. The van der Waals surface area contributed by atoms with Crippen LogP contribution in [0.3, 0.4) is 0 Å². The predicted molar refractivity (Wildman–Crippen MR) is 102 cm³/mol. The molecule has 1 amide bonds. The van der Waals surface area contributed by atoms with Gasteiger partial charge in [-0.3, -0.25) is 9.59 Å². The van der Waals surface area contributed by atoms with E-state index >= 15 is 0 Å². The van der Waals surface area contributed by atoms with E-state index in [1.165, 1.54) is 34.7 Å². The molecule has 0 spiro atoms. The highest BCUT2D eigenvalue weighted by molar-refractivity contribution is 5.99. The number of ether oxygens (including phenoxy) is 1. The van der Waals surface area contributed by atoms with Crippen molar-refractivity contribution in [3.63, 3.8) is 0 Å². The molecule has 1 aliphatic rings. The van der Waals surface area contributed by atoms with E-state index in [0.717, 1.165) is 6.42 Å². The summed E-state index contributed by atoms with van der Waals surface area (Å²) < 4.78 is 18.5. The van der Waals surface area contributed by atoms with Crippen molar-refractivity contribution in [2.45, 2.75) is 39.0 Å². The van der Waals surface area contributed by atoms with Crippen LogP contribution in [-0.4, -0.2) is 18.4 Å². The van der Waals surface area contributed by atoms with Crippen molar-refractivity contribution in [1.29, 1.82) is 0 Å². The van der Waals surface area contributed by atoms with E-state index in [4.69, 9.17) is 4.74 Å². The zero-order valence-corrected chi connectivity index (χ0v) is 15.9. The maximum atomic E-state index is 13.1. The topological polar surface area (TPSA) is 46.6 Å². The van der Waals surface area contributed by atoms with Gasteiger partial charge >= 0.3 is 5.97 Å². The first-order chi connectivity index (χ1) is 12.8. The molecule has 1 fully saturated rings. The second kappa shape index (κ2) is 7.51. The number of carbonyl (C=O) groups is 2. The molecule has 0 aromatic heterocycles. The number of benzene rings is 2. The van der Waals surface area contributed by atoms with Gasteiger partial charge in [-0.15, -0.1) is 0 Å². The Morgan fingerprint density at radius 3 is 2.37 bits per heavy atom. The molecule has 0 unspecified atom stereocenters. The van der Waals surface area contributed by atoms with Gasteiger partial charge in [-0.25, -0.2) is 4.39 Å². The Hall–Kier alpha value is -2.69. The quantitative estimate of drug-likeness (QED) is 0.577. The molecule has 0 aliphatic carbocycles. The maximum absolute atomic E-state index is 13.1. The summed E-state index contributed by atoms with van der Waals surface area (Å²) in [7, 11) is 0. The normalized spacial score (nSPS) is 17.3. The van der Waals surface area contributed by atoms with Gasteiger partial charge < -0.3 is 9.64 Å². The lowest BCUT2D eigenvalue weighted by Gasteiger charge is -2.23. The van der Waals surface area contributed by atoms with E-state index in [9.17, 15) is 14.0 Å². The molecule has 2 aromatic carbocycles. The lowest BCUT2D eigenvalue weighted by atomic mass is 9.82. The first-order valence-corrected chi connectivity index (χ1v) is 9.18. The monoisotopic (exact) mass is 369 g/mol. The first kappa shape index (κ1) is 19.1. The molecule has 2 aromatic rings. The van der Waals surface area contributed by atoms with Crippen LogP contribution < -0.4 is 9.64 Å². The predicted octanol–water partition coefficient (Wildman–Crippen LogP) is 4.47. The third-order valence-corrected chi connectivity index (χ3v) is 5.33. The molecule has 1 heterocycles. The van der Waals surface area contributed by atoms with Crippen LogP contribution >= 0.6 is 0 Å². The van der Waals surface area contributed by atoms with Gasteiger partial charge in [0.15, 0.2) is 0 Å². The van der Waals surface area contributed by atoms with Gasteiger partial charge in [0.2, 0.25) is 5.91 Å². The Labute approximate surface area is 158 Å². The number of amides is 1. The highest BCUT2D eigenvalue weighted by Crippen LogP contribution is 2.29. The van der Waals surface area contributed by atoms with Crippen LogP contribution in [0.4, 0.5) is 10.1 Å². The van der Waals surface area contributed by atoms with Gasteiger partial charge in [-0.05, 0) is 53.8 Å². The molecule has 27 heavy (non-hydrogen) atoms. The van der Waals surface area contributed by atoms with Gasteiger partial charge in [0, 0.05) is 18.7 Å². The van der Waals surface area contributed by atoms with E-state index in [1.54, 1.807) is 12.1 Å². The zero-order chi connectivity index (χ0) is 19.6. The number of anilines is 1. The smallest absolute Gasteiger partial charge is 0.316 e. The summed E-state index contributed by atoms with van der Waals surface area (Å²) in [6, 6.07) is 13.2. The lowest BCUT2D eigenvalue weighted by Crippen LogP contribution is -2.27. The number of halogens is 1. The Morgan fingerprint density at radius 2 is 1.78 bits per heavy atom. The van der Waals surface area contributed by atoms with E-state index in [-0.39, 0.29) is 30.1 Å². The number of esters is 1. The summed E-state index contributed by atoms with van der Waals surface area (Å²) in [5, 5.41) is 0. The minimum absolute atomic E-state index is 0.0655. The van der Waals surface area contributed by atoms with Crippen molar-refractivity contribution in [1.82, 2.24) is 0 Å². The lowest BCUT2D eigenvalue weighted by molar-refractivity contribution is -0.139. The van der Waals surface area contributed by atoms with E-state index in [0.29, 0.717) is 11.4 Å². The van der Waals surface area contributed by atoms with Crippen molar-refractivity contribution in [2.75, 3.05) is 11.4 Å². The van der Waals surface area contributed by atoms with Gasteiger partial charge in [-0.2, -0.15) is 0 Å². The molecule has 1 saturated heterocycles. The molecule has 1 atom stereocenters. The van der Waals surface area contributed by atoms with Crippen molar-refractivity contribution in [3.8, 4) is 5.75 Å². The summed E-state index contributed by atoms with van der Waals surface area (Å²) in [6.07, 6.45) is 1.10. The molecule has 3 rings (SSSR count). The number of hydrogen-bond donors (Lipinski definition) is 0. The summed E-state index contributed by atoms with van der Waals surface area (Å²) in [6.45, 7) is 6.71. The Bertz CT molecular complexity index is 828. The van der Waals surface area contributed by atoms with Crippen molar-refractivity contribution in [2.24, 2.45) is 5.92 Å². The zero-order valence-electron chi connectivity index (χ0n) is 15.9. The van der Waals surface area contributed by atoms with Crippen LogP contribution in [0.15, 0.2) is 48.5 Å². The molecular weight excluding hydrogens is 345 g/mol. The summed E-state index contributed by atoms with van der Waals surface area (Å²) in [5.41, 5.74) is 1.84. The third kappa shape index (κ3) is 4.18.